The normalized spacial score (nSPS) is 10.8. The maximum atomic E-state index is 12.5. The first kappa shape index (κ1) is 16.0. The van der Waals surface area contributed by atoms with Crippen molar-refractivity contribution in [2.75, 3.05) is 5.32 Å². The summed E-state index contributed by atoms with van der Waals surface area (Å²) in [6.45, 7) is 0.509. The number of fused-ring (bicyclic) bond motifs is 1. The molecular weight excluding hydrogens is 328 g/mol. The van der Waals surface area contributed by atoms with Crippen molar-refractivity contribution in [1.82, 2.24) is 4.57 Å². The fourth-order valence-corrected chi connectivity index (χ4v) is 2.84. The Kier molecular flexibility index (Phi) is 4.19. The molecule has 1 N–H and O–H groups in total. The average molecular weight is 346 g/mol. The first-order valence-electron chi connectivity index (χ1n) is 8.32. The lowest BCUT2D eigenvalue weighted by Gasteiger charge is -2.09. The maximum absolute atomic E-state index is 12.5. The van der Waals surface area contributed by atoms with Gasteiger partial charge in [0.1, 0.15) is 18.1 Å². The molecule has 0 fully saturated rings. The quantitative estimate of drug-likeness (QED) is 0.574. The van der Waals surface area contributed by atoms with Crippen molar-refractivity contribution in [1.29, 1.82) is 0 Å². The Balaban J connectivity index is 1.41. The molecule has 0 aliphatic rings. The number of hydrogen-bond donors (Lipinski definition) is 1. The molecule has 1 amide bonds. The monoisotopic (exact) mass is 346 g/mol. The third kappa shape index (κ3) is 3.19. The standard InChI is InChI=1S/C21H18N2O3/c1-23-18-11-12-25-20(18)13-19(23)21(24)22-16-7-9-17(10-8-16)26-14-15-5-3-2-4-6-15/h2-13H,14H2,1H3,(H,22,24). The van der Waals surface area contributed by atoms with Gasteiger partial charge in [-0.15, -0.1) is 0 Å². The molecule has 0 unspecified atom stereocenters. The van der Waals surface area contributed by atoms with Crippen LogP contribution in [0.15, 0.2) is 77.4 Å². The Hall–Kier alpha value is -3.47. The van der Waals surface area contributed by atoms with Crippen LogP contribution in [-0.2, 0) is 13.7 Å². The molecule has 0 aliphatic heterocycles. The molecular formula is C21H18N2O3. The highest BCUT2D eigenvalue weighted by Crippen LogP contribution is 2.22. The Bertz CT molecular complexity index is 1030. The molecule has 4 rings (SSSR count). The van der Waals surface area contributed by atoms with Gasteiger partial charge in [0.25, 0.3) is 5.91 Å². The molecule has 5 nitrogen and oxygen atoms in total. The van der Waals surface area contributed by atoms with Gasteiger partial charge >= 0.3 is 0 Å². The van der Waals surface area contributed by atoms with Crippen molar-refractivity contribution in [3.63, 3.8) is 0 Å². The second-order valence-corrected chi connectivity index (χ2v) is 6.01. The van der Waals surface area contributed by atoms with Crippen LogP contribution in [0.4, 0.5) is 5.69 Å². The molecule has 5 heteroatoms. The van der Waals surface area contributed by atoms with Crippen molar-refractivity contribution < 1.29 is 13.9 Å². The minimum absolute atomic E-state index is 0.183. The zero-order valence-electron chi connectivity index (χ0n) is 14.3. The van der Waals surface area contributed by atoms with Gasteiger partial charge in [-0.1, -0.05) is 30.3 Å². The lowest BCUT2D eigenvalue weighted by Crippen LogP contribution is -2.15. The van der Waals surface area contributed by atoms with E-state index < -0.39 is 0 Å². The Labute approximate surface area is 150 Å². The maximum Gasteiger partial charge on any atom is 0.272 e. The van der Waals surface area contributed by atoms with Gasteiger partial charge in [0.2, 0.25) is 0 Å². The summed E-state index contributed by atoms with van der Waals surface area (Å²) in [7, 11) is 1.84. The van der Waals surface area contributed by atoms with Gasteiger partial charge in [0.05, 0.1) is 11.8 Å². The fraction of sp³-hybridized carbons (Fsp3) is 0.0952. The number of amides is 1. The van der Waals surface area contributed by atoms with Gasteiger partial charge < -0.3 is 19.0 Å². The number of aryl methyl sites for hydroxylation is 1. The zero-order chi connectivity index (χ0) is 17.9. The van der Waals surface area contributed by atoms with E-state index in [9.17, 15) is 4.79 Å². The number of ether oxygens (including phenoxy) is 1. The molecule has 0 aliphatic carbocycles. The first-order chi connectivity index (χ1) is 12.7. The number of rotatable bonds is 5. The van der Waals surface area contributed by atoms with E-state index in [1.165, 1.54) is 0 Å². The predicted molar refractivity (Wildman–Crippen MR) is 100 cm³/mol. The number of hydrogen-bond acceptors (Lipinski definition) is 3. The van der Waals surface area contributed by atoms with Crippen LogP contribution in [-0.4, -0.2) is 10.5 Å². The van der Waals surface area contributed by atoms with Gasteiger partial charge in [-0.2, -0.15) is 0 Å². The van der Waals surface area contributed by atoms with Crippen molar-refractivity contribution in [2.24, 2.45) is 7.05 Å². The Morgan fingerprint density at radius 2 is 1.85 bits per heavy atom. The topological polar surface area (TPSA) is 56.4 Å². The van der Waals surface area contributed by atoms with Gasteiger partial charge in [0.15, 0.2) is 5.58 Å². The second-order valence-electron chi connectivity index (χ2n) is 6.01. The van der Waals surface area contributed by atoms with E-state index in [1.807, 2.05) is 72.3 Å². The number of nitrogens with zero attached hydrogens (tertiary/aromatic N) is 1. The largest absolute Gasteiger partial charge is 0.489 e. The minimum Gasteiger partial charge on any atom is -0.489 e. The van der Waals surface area contributed by atoms with Crippen LogP contribution in [0.1, 0.15) is 16.1 Å². The van der Waals surface area contributed by atoms with Crippen LogP contribution in [0, 0.1) is 0 Å². The van der Waals surface area contributed by atoms with E-state index in [2.05, 4.69) is 5.32 Å². The molecule has 2 aromatic heterocycles. The number of carbonyl (C=O) groups is 1. The molecule has 0 bridgehead atoms. The number of furan rings is 1. The van der Waals surface area contributed by atoms with Gasteiger partial charge in [0, 0.05) is 24.9 Å². The van der Waals surface area contributed by atoms with Crippen LogP contribution < -0.4 is 10.1 Å². The highest BCUT2D eigenvalue weighted by molar-refractivity contribution is 6.05. The number of nitrogens with one attached hydrogen (secondary N) is 1. The molecule has 130 valence electrons. The Morgan fingerprint density at radius 3 is 2.58 bits per heavy atom. The fourth-order valence-electron chi connectivity index (χ4n) is 2.84. The van der Waals surface area contributed by atoms with Crippen LogP contribution in [0.3, 0.4) is 0 Å². The summed E-state index contributed by atoms with van der Waals surface area (Å²) in [5.74, 6) is 0.570. The van der Waals surface area contributed by atoms with E-state index >= 15 is 0 Å². The number of aromatic nitrogens is 1. The molecule has 0 radical (unpaired) electrons. The molecule has 0 saturated carbocycles. The smallest absolute Gasteiger partial charge is 0.272 e. The summed E-state index contributed by atoms with van der Waals surface area (Å²) in [5, 5.41) is 2.89. The molecule has 0 atom stereocenters. The summed E-state index contributed by atoms with van der Waals surface area (Å²) in [5.41, 5.74) is 3.95. The highest BCUT2D eigenvalue weighted by atomic mass is 16.5. The van der Waals surface area contributed by atoms with Crippen LogP contribution in [0.2, 0.25) is 0 Å². The molecule has 2 aromatic carbocycles. The van der Waals surface area contributed by atoms with E-state index in [0.29, 0.717) is 23.6 Å². The zero-order valence-corrected chi connectivity index (χ0v) is 14.3. The van der Waals surface area contributed by atoms with Crippen LogP contribution in [0.5, 0.6) is 5.75 Å². The van der Waals surface area contributed by atoms with Crippen LogP contribution in [0.25, 0.3) is 11.1 Å². The third-order valence-corrected chi connectivity index (χ3v) is 4.26. The van der Waals surface area contributed by atoms with E-state index in [1.54, 1.807) is 12.3 Å². The highest BCUT2D eigenvalue weighted by Gasteiger charge is 2.15. The van der Waals surface area contributed by atoms with E-state index in [0.717, 1.165) is 16.8 Å². The lowest BCUT2D eigenvalue weighted by atomic mass is 10.2. The third-order valence-electron chi connectivity index (χ3n) is 4.26. The number of benzene rings is 2. The molecule has 0 saturated heterocycles. The van der Waals surface area contributed by atoms with Crippen molar-refractivity contribution in [3.8, 4) is 5.75 Å². The minimum atomic E-state index is -0.183. The van der Waals surface area contributed by atoms with Gasteiger partial charge in [-0.05, 0) is 29.8 Å². The Morgan fingerprint density at radius 1 is 1.08 bits per heavy atom. The van der Waals surface area contributed by atoms with Crippen molar-refractivity contribution in [3.05, 3.63) is 84.3 Å². The SMILES string of the molecule is Cn1c(C(=O)Nc2ccc(OCc3ccccc3)cc2)cc2occc21. The number of carbonyl (C=O) groups excluding carboxylic acids is 1. The second kappa shape index (κ2) is 6.80. The summed E-state index contributed by atoms with van der Waals surface area (Å²) >= 11 is 0. The van der Waals surface area contributed by atoms with Crippen LogP contribution >= 0.6 is 0 Å². The van der Waals surface area contributed by atoms with Crippen molar-refractivity contribution in [2.45, 2.75) is 6.61 Å². The molecule has 2 heterocycles. The van der Waals surface area contributed by atoms with E-state index in [4.69, 9.17) is 9.15 Å². The summed E-state index contributed by atoms with van der Waals surface area (Å²) < 4.78 is 12.9. The summed E-state index contributed by atoms with van der Waals surface area (Å²) in [6, 6.07) is 20.9. The summed E-state index contributed by atoms with van der Waals surface area (Å²) in [6.07, 6.45) is 1.61. The van der Waals surface area contributed by atoms with Crippen molar-refractivity contribution >= 4 is 22.7 Å². The van der Waals surface area contributed by atoms with Gasteiger partial charge in [-0.3, -0.25) is 4.79 Å². The first-order valence-corrected chi connectivity index (χ1v) is 8.32. The molecule has 26 heavy (non-hydrogen) atoms. The molecule has 4 aromatic rings. The predicted octanol–water partition coefficient (Wildman–Crippen LogP) is 4.60. The summed E-state index contributed by atoms with van der Waals surface area (Å²) in [4.78, 5) is 12.5. The van der Waals surface area contributed by atoms with Gasteiger partial charge in [-0.25, -0.2) is 0 Å². The average Bonchev–Trinajstić information content (AvgIpc) is 3.25. The lowest BCUT2D eigenvalue weighted by molar-refractivity contribution is 0.101. The number of anilines is 1. The molecule has 0 spiro atoms. The van der Waals surface area contributed by atoms with E-state index in [-0.39, 0.29) is 5.91 Å².